The lowest BCUT2D eigenvalue weighted by Gasteiger charge is -2.13. The molecule has 0 aromatic heterocycles. The van der Waals surface area contributed by atoms with Crippen molar-refractivity contribution in [2.75, 3.05) is 4.43 Å². The Hall–Kier alpha value is -0.180. The summed E-state index contributed by atoms with van der Waals surface area (Å²) >= 11 is 0.418. The summed E-state index contributed by atoms with van der Waals surface area (Å²) in [7, 11) is 0. The first-order chi connectivity index (χ1) is 5.97. The van der Waals surface area contributed by atoms with Gasteiger partial charge in [-0.05, 0) is 38.8 Å². The maximum Gasteiger partial charge on any atom is -0.00117 e. The molecule has 1 heterocycles. The van der Waals surface area contributed by atoms with E-state index in [1.54, 1.807) is 11.1 Å². The molecule has 2 aliphatic rings. The van der Waals surface area contributed by atoms with E-state index in [1.165, 1.54) is 23.7 Å². The summed E-state index contributed by atoms with van der Waals surface area (Å²) in [6, 6.07) is 0. The molecule has 0 aromatic rings. The van der Waals surface area contributed by atoms with Crippen LogP contribution in [0.5, 0.6) is 0 Å². The van der Waals surface area contributed by atoms with E-state index in [2.05, 4.69) is 28.3 Å². The minimum atomic E-state index is 0.418. The second-order valence-electron chi connectivity index (χ2n) is 3.07. The Morgan fingerprint density at radius 2 is 2.00 bits per heavy atom. The molecular weight excluding hydrogens is 259 g/mol. The molecule has 0 unspecified atom stereocenters. The standard InChI is InChI=1S/C11H13I/c1-2-4-10(5-3-1)11-6-8-12-9-7-11/h1-2,4,6,8H,3,5,7,9H2. The highest BCUT2D eigenvalue weighted by Gasteiger charge is 2.06. The molecule has 0 nitrogen and oxygen atoms in total. The van der Waals surface area contributed by atoms with E-state index in [-0.39, 0.29) is 0 Å². The summed E-state index contributed by atoms with van der Waals surface area (Å²) in [5, 5.41) is 0. The minimum absolute atomic E-state index is 0.418. The van der Waals surface area contributed by atoms with Crippen molar-refractivity contribution in [1.82, 2.24) is 0 Å². The van der Waals surface area contributed by atoms with Crippen molar-refractivity contribution in [1.29, 1.82) is 0 Å². The molecule has 0 atom stereocenters. The van der Waals surface area contributed by atoms with Gasteiger partial charge in [0.15, 0.2) is 0 Å². The van der Waals surface area contributed by atoms with Crippen LogP contribution in [0.15, 0.2) is 35.5 Å². The smallest absolute Gasteiger partial charge is 0.00117 e. The third-order valence-corrected chi connectivity index (χ3v) is 4.28. The van der Waals surface area contributed by atoms with Crippen LogP contribution in [-0.2, 0) is 0 Å². The van der Waals surface area contributed by atoms with Crippen LogP contribution < -0.4 is 0 Å². The van der Waals surface area contributed by atoms with Gasteiger partial charge in [0, 0.05) is 0 Å². The normalized spacial score (nSPS) is 22.7. The lowest BCUT2D eigenvalue weighted by Crippen LogP contribution is -1.96. The molecule has 0 N–H and O–H groups in total. The van der Waals surface area contributed by atoms with Crippen LogP contribution in [0.25, 0.3) is 0 Å². The average molecular weight is 272 g/mol. The zero-order chi connectivity index (χ0) is 8.23. The molecular formula is C11H13I. The van der Waals surface area contributed by atoms with Crippen molar-refractivity contribution >= 4 is 24.7 Å². The Morgan fingerprint density at radius 3 is 2.67 bits per heavy atom. The van der Waals surface area contributed by atoms with Gasteiger partial charge in [0.05, 0.1) is 0 Å². The predicted molar refractivity (Wildman–Crippen MR) is 64.1 cm³/mol. The molecule has 0 radical (unpaired) electrons. The number of halogens is 1. The fourth-order valence-corrected chi connectivity index (χ4v) is 3.50. The first-order valence-corrected chi connectivity index (χ1v) is 7.20. The van der Waals surface area contributed by atoms with E-state index in [0.29, 0.717) is 20.7 Å². The number of alkyl halides is 1. The van der Waals surface area contributed by atoms with Gasteiger partial charge in [-0.25, -0.2) is 0 Å². The molecule has 12 heavy (non-hydrogen) atoms. The van der Waals surface area contributed by atoms with Gasteiger partial charge >= 0.3 is 0 Å². The van der Waals surface area contributed by atoms with Crippen molar-refractivity contribution in [3.8, 4) is 0 Å². The second-order valence-corrected chi connectivity index (χ2v) is 5.75. The van der Waals surface area contributed by atoms with E-state index in [0.717, 1.165) is 0 Å². The van der Waals surface area contributed by atoms with Crippen LogP contribution >= 0.6 is 20.7 Å². The maximum absolute atomic E-state index is 2.41. The number of hydrogen-bond donors (Lipinski definition) is 0. The number of allylic oxidation sites excluding steroid dienone is 6. The molecule has 1 heteroatoms. The molecule has 0 spiro atoms. The van der Waals surface area contributed by atoms with Crippen molar-refractivity contribution in [3.63, 3.8) is 0 Å². The summed E-state index contributed by atoms with van der Waals surface area (Å²) in [6.45, 7) is 0. The number of rotatable bonds is 1. The Morgan fingerprint density at radius 1 is 1.08 bits per heavy atom. The molecule has 0 bridgehead atoms. The highest BCUT2D eigenvalue weighted by atomic mass is 127. The van der Waals surface area contributed by atoms with Crippen LogP contribution in [0, 0.1) is 0 Å². The van der Waals surface area contributed by atoms with E-state index in [9.17, 15) is 0 Å². The van der Waals surface area contributed by atoms with Gasteiger partial charge in [0.1, 0.15) is 0 Å². The molecule has 0 saturated heterocycles. The van der Waals surface area contributed by atoms with Crippen molar-refractivity contribution in [3.05, 3.63) is 35.5 Å². The van der Waals surface area contributed by atoms with Crippen molar-refractivity contribution in [2.24, 2.45) is 0 Å². The van der Waals surface area contributed by atoms with Gasteiger partial charge < -0.3 is 0 Å². The van der Waals surface area contributed by atoms with Gasteiger partial charge in [-0.1, -0.05) is 24.3 Å². The van der Waals surface area contributed by atoms with Crippen molar-refractivity contribution < 1.29 is 0 Å². The van der Waals surface area contributed by atoms with E-state index in [4.69, 9.17) is 0 Å². The summed E-state index contributed by atoms with van der Waals surface area (Å²) in [5.41, 5.74) is 3.18. The minimum Gasteiger partial charge on any atom is -0.122 e. The number of hydrogen-bond acceptors (Lipinski definition) is 0. The molecule has 2 rings (SSSR count). The van der Waals surface area contributed by atoms with Gasteiger partial charge in [0.2, 0.25) is 0 Å². The van der Waals surface area contributed by atoms with Gasteiger partial charge in [-0.2, -0.15) is 0 Å². The Kier molecular flexibility index (Phi) is 2.93. The van der Waals surface area contributed by atoms with E-state index >= 15 is 0 Å². The molecule has 1 aliphatic carbocycles. The lowest BCUT2D eigenvalue weighted by molar-refractivity contribution is 0.945. The van der Waals surface area contributed by atoms with Crippen LogP contribution in [0.1, 0.15) is 19.3 Å². The van der Waals surface area contributed by atoms with Crippen LogP contribution in [0.3, 0.4) is 0 Å². The molecule has 0 amide bonds. The Bertz CT molecular complexity index is 249. The predicted octanol–water partition coefficient (Wildman–Crippen LogP) is 3.37. The maximum atomic E-state index is 2.41. The van der Waals surface area contributed by atoms with Crippen LogP contribution in [-0.4, -0.2) is 8.44 Å². The summed E-state index contributed by atoms with van der Waals surface area (Å²) in [5.74, 6) is 0. The van der Waals surface area contributed by atoms with Crippen LogP contribution in [0.2, 0.25) is 0 Å². The second kappa shape index (κ2) is 4.17. The Balaban J connectivity index is 2.17. The van der Waals surface area contributed by atoms with E-state index in [1.807, 2.05) is 0 Å². The first kappa shape index (κ1) is 8.42. The van der Waals surface area contributed by atoms with Gasteiger partial charge in [-0.3, -0.25) is 0 Å². The summed E-state index contributed by atoms with van der Waals surface area (Å²) in [6.07, 6.45) is 12.9. The zero-order valence-electron chi connectivity index (χ0n) is 7.09. The monoisotopic (exact) mass is 272 g/mol. The molecule has 0 saturated carbocycles. The Labute approximate surface area is 83.8 Å². The molecule has 1 aliphatic heterocycles. The summed E-state index contributed by atoms with van der Waals surface area (Å²) in [4.78, 5) is 0. The third-order valence-electron chi connectivity index (χ3n) is 2.25. The lowest BCUT2D eigenvalue weighted by atomic mass is 9.95. The molecule has 0 fully saturated rings. The van der Waals surface area contributed by atoms with Crippen LogP contribution in [0.4, 0.5) is 0 Å². The fraction of sp³-hybridized carbons (Fsp3) is 0.364. The summed E-state index contributed by atoms with van der Waals surface area (Å²) < 4.78 is 3.86. The topological polar surface area (TPSA) is 0 Å². The zero-order valence-corrected chi connectivity index (χ0v) is 9.25. The molecule has 64 valence electrons. The highest BCUT2D eigenvalue weighted by molar-refractivity contribution is 14.2. The average Bonchev–Trinajstić information content (AvgIpc) is 2.21. The van der Waals surface area contributed by atoms with Crippen molar-refractivity contribution in [2.45, 2.75) is 19.3 Å². The van der Waals surface area contributed by atoms with Gasteiger partial charge in [0.25, 0.3) is 0 Å². The third kappa shape index (κ3) is 1.94. The quantitative estimate of drug-likeness (QED) is 0.507. The molecule has 0 aromatic carbocycles. The highest BCUT2D eigenvalue weighted by Crippen LogP contribution is 2.25. The largest absolute Gasteiger partial charge is 0.122 e. The SMILES string of the molecule is C1=CCCC(C2=CC=ICC2)=C1. The first-order valence-electron chi connectivity index (χ1n) is 4.43. The van der Waals surface area contributed by atoms with E-state index < -0.39 is 0 Å². The fourth-order valence-electron chi connectivity index (χ4n) is 1.56. The van der Waals surface area contributed by atoms with Gasteiger partial charge in [-0.15, -0.1) is 20.7 Å².